The number of nitrogens with zero attached hydrogens (tertiary/aromatic N) is 1. The van der Waals surface area contributed by atoms with E-state index in [1.807, 2.05) is 0 Å². The molecule has 0 radical (unpaired) electrons. The van der Waals surface area contributed by atoms with Crippen molar-refractivity contribution in [2.24, 2.45) is 0 Å². The highest BCUT2D eigenvalue weighted by molar-refractivity contribution is 7.89. The van der Waals surface area contributed by atoms with Crippen molar-refractivity contribution < 1.29 is 22.7 Å². The van der Waals surface area contributed by atoms with Crippen LogP contribution in [-0.2, 0) is 26.1 Å². The van der Waals surface area contributed by atoms with Crippen LogP contribution in [0.25, 0.3) is 0 Å². The molecule has 0 spiro atoms. The second kappa shape index (κ2) is 8.00. The van der Waals surface area contributed by atoms with Crippen LogP contribution >= 0.6 is 0 Å². The summed E-state index contributed by atoms with van der Waals surface area (Å²) in [5.74, 6) is -0.127. The van der Waals surface area contributed by atoms with Gasteiger partial charge in [-0.2, -0.15) is 4.31 Å². The van der Waals surface area contributed by atoms with Crippen molar-refractivity contribution in [3.63, 3.8) is 0 Å². The van der Waals surface area contributed by atoms with E-state index in [-0.39, 0.29) is 11.4 Å². The lowest BCUT2D eigenvalue weighted by atomic mass is 10.2. The van der Waals surface area contributed by atoms with Gasteiger partial charge < -0.3 is 15.2 Å². The Morgan fingerprint density at radius 2 is 1.72 bits per heavy atom. The summed E-state index contributed by atoms with van der Waals surface area (Å²) in [5.41, 5.74) is 6.94. The number of rotatable bonds is 7. The van der Waals surface area contributed by atoms with Crippen LogP contribution in [0.4, 0.5) is 5.69 Å². The Morgan fingerprint density at radius 3 is 2.28 bits per heavy atom. The summed E-state index contributed by atoms with van der Waals surface area (Å²) in [7, 11) is -1.23. The molecule has 2 rings (SSSR count). The molecule has 0 aliphatic carbocycles. The highest BCUT2D eigenvalue weighted by Crippen LogP contribution is 2.23. The molecule has 7 nitrogen and oxygen atoms in total. The number of hydrogen-bond acceptors (Lipinski definition) is 6. The number of esters is 1. The molecule has 0 amide bonds. The number of sulfonamides is 1. The molecular formula is C17H20N2O5S. The maximum Gasteiger partial charge on any atom is 0.321 e. The topological polar surface area (TPSA) is 98.9 Å². The van der Waals surface area contributed by atoms with Crippen molar-refractivity contribution in [3.05, 3.63) is 54.1 Å². The molecule has 0 aliphatic heterocycles. The van der Waals surface area contributed by atoms with E-state index < -0.39 is 22.5 Å². The summed E-state index contributed by atoms with van der Waals surface area (Å²) >= 11 is 0. The molecule has 2 N–H and O–H groups in total. The van der Waals surface area contributed by atoms with Gasteiger partial charge in [-0.3, -0.25) is 4.79 Å². The van der Waals surface area contributed by atoms with Crippen molar-refractivity contribution in [1.82, 2.24) is 4.31 Å². The van der Waals surface area contributed by atoms with E-state index in [0.717, 1.165) is 4.31 Å². The van der Waals surface area contributed by atoms with Crippen molar-refractivity contribution in [2.45, 2.75) is 11.4 Å². The van der Waals surface area contributed by atoms with Gasteiger partial charge in [0.1, 0.15) is 12.3 Å². The van der Waals surface area contributed by atoms with Gasteiger partial charge in [0.15, 0.2) is 0 Å². The van der Waals surface area contributed by atoms with Gasteiger partial charge >= 0.3 is 5.97 Å². The lowest BCUT2D eigenvalue weighted by molar-refractivity contribution is -0.140. The minimum Gasteiger partial charge on any atom is -0.497 e. The summed E-state index contributed by atoms with van der Waals surface area (Å²) in [6.07, 6.45) is 0. The summed E-state index contributed by atoms with van der Waals surface area (Å²) in [5, 5.41) is 0. The maximum atomic E-state index is 12.9. The van der Waals surface area contributed by atoms with Crippen molar-refractivity contribution >= 4 is 21.7 Å². The zero-order chi connectivity index (χ0) is 18.4. The second-order valence-electron chi connectivity index (χ2n) is 5.22. The van der Waals surface area contributed by atoms with Gasteiger partial charge in [-0.05, 0) is 35.9 Å². The molecule has 0 bridgehead atoms. The van der Waals surface area contributed by atoms with Crippen molar-refractivity contribution in [3.8, 4) is 5.75 Å². The number of hydrogen-bond donors (Lipinski definition) is 1. The highest BCUT2D eigenvalue weighted by atomic mass is 32.2. The lowest BCUT2D eigenvalue weighted by Crippen LogP contribution is -2.36. The summed E-state index contributed by atoms with van der Waals surface area (Å²) in [6, 6.07) is 12.8. The van der Waals surface area contributed by atoms with Crippen LogP contribution in [-0.4, -0.2) is 39.5 Å². The monoisotopic (exact) mass is 364 g/mol. The van der Waals surface area contributed by atoms with E-state index in [9.17, 15) is 13.2 Å². The van der Waals surface area contributed by atoms with Crippen LogP contribution in [0, 0.1) is 0 Å². The van der Waals surface area contributed by atoms with E-state index >= 15 is 0 Å². The average Bonchev–Trinajstić information content (AvgIpc) is 2.62. The van der Waals surface area contributed by atoms with Crippen molar-refractivity contribution in [1.29, 1.82) is 0 Å². The third-order valence-corrected chi connectivity index (χ3v) is 5.44. The summed E-state index contributed by atoms with van der Waals surface area (Å²) < 4.78 is 36.6. The first-order valence-electron chi connectivity index (χ1n) is 7.43. The van der Waals surface area contributed by atoms with E-state index in [4.69, 9.17) is 10.5 Å². The number of benzene rings is 2. The quantitative estimate of drug-likeness (QED) is 0.592. The minimum atomic E-state index is -3.92. The summed E-state index contributed by atoms with van der Waals surface area (Å²) in [6.45, 7) is -0.463. The Morgan fingerprint density at radius 1 is 1.08 bits per heavy atom. The smallest absolute Gasteiger partial charge is 0.321 e. The van der Waals surface area contributed by atoms with Crippen LogP contribution in [0.1, 0.15) is 5.56 Å². The minimum absolute atomic E-state index is 0.0455. The third kappa shape index (κ3) is 4.49. The average molecular weight is 364 g/mol. The van der Waals surface area contributed by atoms with Crippen LogP contribution in [0.15, 0.2) is 53.4 Å². The molecule has 8 heteroatoms. The fourth-order valence-electron chi connectivity index (χ4n) is 2.20. The van der Waals surface area contributed by atoms with Crippen molar-refractivity contribution in [2.75, 3.05) is 26.5 Å². The van der Waals surface area contributed by atoms with Gasteiger partial charge in [0.05, 0.1) is 19.1 Å². The Hall–Kier alpha value is -2.58. The van der Waals surface area contributed by atoms with Crippen LogP contribution in [0.3, 0.4) is 0 Å². The number of nitrogens with two attached hydrogens (primary N) is 1. The van der Waals surface area contributed by atoms with E-state index in [1.165, 1.54) is 26.4 Å². The first kappa shape index (κ1) is 18.8. The molecule has 0 unspecified atom stereocenters. The third-order valence-electron chi connectivity index (χ3n) is 3.63. The zero-order valence-electron chi connectivity index (χ0n) is 14.0. The molecule has 0 atom stereocenters. The SMILES string of the molecule is COC(=O)CN(Cc1ccccc1N)S(=O)(=O)c1ccc(OC)cc1. The fraction of sp³-hybridized carbons (Fsp3) is 0.235. The Labute approximate surface area is 147 Å². The van der Waals surface area contributed by atoms with E-state index in [0.29, 0.717) is 17.0 Å². The standard InChI is InChI=1S/C17H20N2O5S/c1-23-14-7-9-15(10-8-14)25(21,22)19(12-17(20)24-2)11-13-5-3-4-6-16(13)18/h3-10H,11-12,18H2,1-2H3. The predicted molar refractivity (Wildman–Crippen MR) is 93.5 cm³/mol. The molecule has 0 fully saturated rings. The molecule has 2 aromatic carbocycles. The zero-order valence-corrected chi connectivity index (χ0v) is 14.8. The molecular weight excluding hydrogens is 344 g/mol. The number of para-hydroxylation sites is 1. The van der Waals surface area contributed by atoms with Gasteiger partial charge in [0.2, 0.25) is 10.0 Å². The molecule has 0 heterocycles. The Bertz CT molecular complexity index is 834. The predicted octanol–water partition coefficient (Wildman–Crippen LogP) is 1.64. The van der Waals surface area contributed by atoms with Gasteiger partial charge in [0, 0.05) is 12.2 Å². The molecule has 2 aromatic rings. The van der Waals surface area contributed by atoms with Crippen LogP contribution in [0.5, 0.6) is 5.75 Å². The number of methoxy groups -OCH3 is 2. The second-order valence-corrected chi connectivity index (χ2v) is 7.16. The normalized spacial score (nSPS) is 11.3. The maximum absolute atomic E-state index is 12.9. The number of nitrogen functional groups attached to an aromatic ring is 1. The molecule has 0 aliphatic rings. The molecule has 0 aromatic heterocycles. The molecule has 134 valence electrons. The Balaban J connectivity index is 2.38. The Kier molecular flexibility index (Phi) is 6.00. The van der Waals surface area contributed by atoms with E-state index in [2.05, 4.69) is 4.74 Å². The van der Waals surface area contributed by atoms with Crippen LogP contribution < -0.4 is 10.5 Å². The van der Waals surface area contributed by atoms with Crippen LogP contribution in [0.2, 0.25) is 0 Å². The summed E-state index contributed by atoms with van der Waals surface area (Å²) in [4.78, 5) is 11.7. The number of anilines is 1. The first-order chi connectivity index (χ1) is 11.9. The fourth-order valence-corrected chi connectivity index (χ4v) is 3.56. The molecule has 0 saturated heterocycles. The number of carbonyl (C=O) groups excluding carboxylic acids is 1. The van der Waals surface area contributed by atoms with Gasteiger partial charge in [0.25, 0.3) is 0 Å². The largest absolute Gasteiger partial charge is 0.497 e. The van der Waals surface area contributed by atoms with Gasteiger partial charge in [-0.15, -0.1) is 0 Å². The highest BCUT2D eigenvalue weighted by Gasteiger charge is 2.27. The number of carbonyl (C=O) groups is 1. The van der Waals surface area contributed by atoms with E-state index in [1.54, 1.807) is 36.4 Å². The molecule has 25 heavy (non-hydrogen) atoms. The lowest BCUT2D eigenvalue weighted by Gasteiger charge is -2.22. The first-order valence-corrected chi connectivity index (χ1v) is 8.87. The molecule has 0 saturated carbocycles. The number of ether oxygens (including phenoxy) is 2. The van der Waals surface area contributed by atoms with Gasteiger partial charge in [-0.1, -0.05) is 18.2 Å². The van der Waals surface area contributed by atoms with Gasteiger partial charge in [-0.25, -0.2) is 8.42 Å².